The molecule has 0 heterocycles. The maximum absolute atomic E-state index is 12.8. The van der Waals surface area contributed by atoms with Crippen molar-refractivity contribution >= 4 is 16.9 Å². The average molecular weight is 214 g/mol. The van der Waals surface area contributed by atoms with Crippen LogP contribution in [0.5, 0.6) is 0 Å². The Bertz CT molecular complexity index is 161. The van der Waals surface area contributed by atoms with Crippen LogP contribution in [0.25, 0.3) is 0 Å². The summed E-state index contributed by atoms with van der Waals surface area (Å²) in [6, 6.07) is 0. The Labute approximate surface area is 80.1 Å². The molecule has 0 unspecified atom stereocenters. The van der Waals surface area contributed by atoms with Crippen molar-refractivity contribution in [1.29, 1.82) is 0 Å². The molecule has 5 heteroatoms. The monoisotopic (exact) mass is 214 g/mol. The predicted octanol–water partition coefficient (Wildman–Crippen LogP) is 3.04. The fourth-order valence-electron chi connectivity index (χ4n) is 0.795. The second-order valence-corrected chi connectivity index (χ2v) is 4.01. The molecule has 0 radical (unpaired) electrons. The largest absolute Gasteiger partial charge is 0.288 e. The van der Waals surface area contributed by atoms with Gasteiger partial charge < -0.3 is 0 Å². The second-order valence-electron chi connectivity index (χ2n) is 2.74. The molecule has 0 fully saturated rings. The molecule has 0 amide bonds. The predicted molar refractivity (Wildman–Crippen MR) is 47.9 cm³/mol. The van der Waals surface area contributed by atoms with Crippen molar-refractivity contribution in [2.75, 3.05) is 12.4 Å². The highest BCUT2D eigenvalue weighted by Gasteiger charge is 2.27. The van der Waals surface area contributed by atoms with Crippen molar-refractivity contribution < 1.29 is 18.0 Å². The van der Waals surface area contributed by atoms with E-state index in [1.807, 2.05) is 0 Å². The van der Waals surface area contributed by atoms with Gasteiger partial charge in [-0.15, -0.1) is 0 Å². The third kappa shape index (κ3) is 8.15. The SMILES string of the molecule is CC(=O)SCCC(F)(F)CCCF. The molecule has 0 spiro atoms. The van der Waals surface area contributed by atoms with Crippen molar-refractivity contribution in [2.45, 2.75) is 32.1 Å². The molecule has 1 nitrogen and oxygen atoms in total. The maximum atomic E-state index is 12.8. The Hall–Kier alpha value is -0.190. The van der Waals surface area contributed by atoms with Crippen molar-refractivity contribution in [2.24, 2.45) is 0 Å². The van der Waals surface area contributed by atoms with Crippen LogP contribution in [0.4, 0.5) is 13.2 Å². The summed E-state index contributed by atoms with van der Waals surface area (Å²) in [5, 5.41) is -0.165. The van der Waals surface area contributed by atoms with E-state index in [-0.39, 0.29) is 23.7 Å². The summed E-state index contributed by atoms with van der Waals surface area (Å²) in [5.74, 6) is -2.72. The van der Waals surface area contributed by atoms with E-state index in [0.717, 1.165) is 11.8 Å². The number of halogens is 3. The third-order valence-electron chi connectivity index (χ3n) is 1.45. The van der Waals surface area contributed by atoms with Gasteiger partial charge in [0.2, 0.25) is 5.92 Å². The van der Waals surface area contributed by atoms with Crippen LogP contribution < -0.4 is 0 Å². The molecule has 0 N–H and O–H groups in total. The zero-order valence-electron chi connectivity index (χ0n) is 7.49. The first-order chi connectivity index (χ1) is 5.98. The Morgan fingerprint density at radius 2 is 2.00 bits per heavy atom. The van der Waals surface area contributed by atoms with Crippen LogP contribution in [0.2, 0.25) is 0 Å². The van der Waals surface area contributed by atoms with Gasteiger partial charge in [0.15, 0.2) is 5.12 Å². The molecule has 13 heavy (non-hydrogen) atoms. The third-order valence-corrected chi connectivity index (χ3v) is 2.26. The van der Waals surface area contributed by atoms with Gasteiger partial charge in [-0.1, -0.05) is 11.8 Å². The van der Waals surface area contributed by atoms with Crippen LogP contribution in [0.1, 0.15) is 26.2 Å². The highest BCUT2D eigenvalue weighted by Crippen LogP contribution is 2.26. The van der Waals surface area contributed by atoms with Crippen LogP contribution in [0.3, 0.4) is 0 Å². The van der Waals surface area contributed by atoms with E-state index in [9.17, 15) is 18.0 Å². The van der Waals surface area contributed by atoms with Gasteiger partial charge in [-0.25, -0.2) is 8.78 Å². The first-order valence-corrected chi connectivity index (χ1v) is 5.03. The maximum Gasteiger partial charge on any atom is 0.249 e. The van der Waals surface area contributed by atoms with Crippen LogP contribution in [-0.4, -0.2) is 23.5 Å². The minimum Gasteiger partial charge on any atom is -0.288 e. The van der Waals surface area contributed by atoms with E-state index in [0.29, 0.717) is 0 Å². The molecule has 0 aliphatic rings. The Morgan fingerprint density at radius 3 is 2.46 bits per heavy atom. The quantitative estimate of drug-likeness (QED) is 0.676. The number of alkyl halides is 3. The smallest absolute Gasteiger partial charge is 0.249 e. The topological polar surface area (TPSA) is 17.1 Å². The molecule has 0 rings (SSSR count). The van der Waals surface area contributed by atoms with Crippen LogP contribution in [0.15, 0.2) is 0 Å². The lowest BCUT2D eigenvalue weighted by atomic mass is 10.1. The average Bonchev–Trinajstić information content (AvgIpc) is 2.00. The highest BCUT2D eigenvalue weighted by atomic mass is 32.2. The van der Waals surface area contributed by atoms with Crippen molar-refractivity contribution in [3.8, 4) is 0 Å². The molecule has 0 saturated heterocycles. The zero-order valence-corrected chi connectivity index (χ0v) is 8.30. The molecule has 0 aliphatic carbocycles. The van der Waals surface area contributed by atoms with Gasteiger partial charge in [0.25, 0.3) is 0 Å². The van der Waals surface area contributed by atoms with Crippen molar-refractivity contribution in [1.82, 2.24) is 0 Å². The molecule has 0 atom stereocenters. The van der Waals surface area contributed by atoms with Gasteiger partial charge in [-0.05, 0) is 6.42 Å². The molecule has 0 aromatic carbocycles. The summed E-state index contributed by atoms with van der Waals surface area (Å²) >= 11 is 0.879. The normalized spacial score (nSPS) is 11.7. The summed E-state index contributed by atoms with van der Waals surface area (Å²) in [5.41, 5.74) is 0. The van der Waals surface area contributed by atoms with Crippen LogP contribution in [-0.2, 0) is 4.79 Å². The minimum atomic E-state index is -2.82. The number of hydrogen-bond donors (Lipinski definition) is 0. The molecule has 0 bridgehead atoms. The number of rotatable bonds is 6. The lowest BCUT2D eigenvalue weighted by Gasteiger charge is -2.14. The lowest BCUT2D eigenvalue weighted by molar-refractivity contribution is -0.109. The number of thioether (sulfide) groups is 1. The number of hydrogen-bond acceptors (Lipinski definition) is 2. The zero-order chi connectivity index (χ0) is 10.3. The van der Waals surface area contributed by atoms with E-state index in [2.05, 4.69) is 0 Å². The molecule has 0 aliphatic heterocycles. The van der Waals surface area contributed by atoms with Gasteiger partial charge >= 0.3 is 0 Å². The first kappa shape index (κ1) is 12.8. The van der Waals surface area contributed by atoms with E-state index >= 15 is 0 Å². The summed E-state index contributed by atoms with van der Waals surface area (Å²) in [6.07, 6.45) is -0.892. The molecular weight excluding hydrogens is 201 g/mol. The molecular formula is C8H13F3OS. The van der Waals surface area contributed by atoms with Crippen molar-refractivity contribution in [3.05, 3.63) is 0 Å². The Kier molecular flexibility index (Phi) is 6.20. The minimum absolute atomic E-state index is 0.106. The molecule has 78 valence electrons. The van der Waals surface area contributed by atoms with Gasteiger partial charge in [0, 0.05) is 25.5 Å². The lowest BCUT2D eigenvalue weighted by Crippen LogP contribution is -2.17. The van der Waals surface area contributed by atoms with Gasteiger partial charge in [-0.2, -0.15) is 0 Å². The van der Waals surface area contributed by atoms with Crippen LogP contribution >= 0.6 is 11.8 Å². The van der Waals surface area contributed by atoms with E-state index < -0.39 is 19.0 Å². The van der Waals surface area contributed by atoms with Gasteiger partial charge in [-0.3, -0.25) is 9.18 Å². The van der Waals surface area contributed by atoms with E-state index in [1.165, 1.54) is 6.92 Å². The molecule has 0 saturated carbocycles. The molecule has 0 aromatic heterocycles. The summed E-state index contributed by atoms with van der Waals surface area (Å²) < 4.78 is 37.1. The second kappa shape index (κ2) is 6.29. The van der Waals surface area contributed by atoms with Crippen molar-refractivity contribution in [3.63, 3.8) is 0 Å². The summed E-state index contributed by atoms with van der Waals surface area (Å²) in [7, 11) is 0. The van der Waals surface area contributed by atoms with E-state index in [4.69, 9.17) is 0 Å². The fourth-order valence-corrected chi connectivity index (χ4v) is 1.48. The summed E-state index contributed by atoms with van der Waals surface area (Å²) in [6.45, 7) is 0.625. The highest BCUT2D eigenvalue weighted by molar-refractivity contribution is 8.13. The number of carbonyl (C=O) groups is 1. The van der Waals surface area contributed by atoms with Gasteiger partial charge in [0.1, 0.15) is 0 Å². The Balaban J connectivity index is 3.56. The summed E-state index contributed by atoms with van der Waals surface area (Å²) in [4.78, 5) is 10.4. The van der Waals surface area contributed by atoms with Gasteiger partial charge in [0.05, 0.1) is 6.67 Å². The fraction of sp³-hybridized carbons (Fsp3) is 0.875. The Morgan fingerprint density at radius 1 is 1.38 bits per heavy atom. The molecule has 0 aromatic rings. The first-order valence-electron chi connectivity index (χ1n) is 4.05. The van der Waals surface area contributed by atoms with Crippen LogP contribution in [0, 0.1) is 0 Å². The number of carbonyl (C=O) groups excluding carboxylic acids is 1. The standard InChI is InChI=1S/C8H13F3OS/c1-7(12)13-6-4-8(10,11)3-2-5-9/h2-6H2,1H3. The van der Waals surface area contributed by atoms with E-state index in [1.54, 1.807) is 0 Å².